The van der Waals surface area contributed by atoms with Crippen LogP contribution in [0.15, 0.2) is 28.7 Å². The van der Waals surface area contributed by atoms with Gasteiger partial charge >= 0.3 is 0 Å². The average Bonchev–Trinajstić information content (AvgIpc) is 2.21. The summed E-state index contributed by atoms with van der Waals surface area (Å²) >= 11 is 7.21. The largest absolute Gasteiger partial charge is 0.0887 e. The van der Waals surface area contributed by atoms with Gasteiger partial charge < -0.3 is 0 Å². The van der Waals surface area contributed by atoms with Gasteiger partial charge in [0.15, 0.2) is 0 Å². The summed E-state index contributed by atoms with van der Waals surface area (Å²) in [6, 6.07) is 8.60. The Labute approximate surface area is 110 Å². The molecule has 15 heavy (non-hydrogen) atoms. The van der Waals surface area contributed by atoms with E-state index in [-0.39, 0.29) is 0 Å². The fourth-order valence-corrected chi connectivity index (χ4v) is 2.84. The van der Waals surface area contributed by atoms with E-state index >= 15 is 0 Å². The molecule has 0 fully saturated rings. The maximum atomic E-state index is 3.76. The molecular weight excluding hydrogens is 316 g/mol. The number of hydrogen-bond acceptors (Lipinski definition) is 0. The monoisotopic (exact) mass is 332 g/mol. The Morgan fingerprint density at radius 1 is 1.20 bits per heavy atom. The van der Waals surface area contributed by atoms with Crippen LogP contribution in [0.4, 0.5) is 0 Å². The fraction of sp³-hybridized carbons (Fsp3) is 0.538. The van der Waals surface area contributed by atoms with Crippen molar-refractivity contribution in [1.82, 2.24) is 0 Å². The maximum Gasteiger partial charge on any atom is 0.0188 e. The highest BCUT2D eigenvalue weighted by molar-refractivity contribution is 9.10. The summed E-state index contributed by atoms with van der Waals surface area (Å²) in [5.41, 5.74) is 1.41. The summed E-state index contributed by atoms with van der Waals surface area (Å²) in [6.07, 6.45) is 3.65. The second-order valence-electron chi connectivity index (χ2n) is 4.18. The molecule has 1 rings (SSSR count). The van der Waals surface area contributed by atoms with Crippen LogP contribution in [0.3, 0.4) is 0 Å². The lowest BCUT2D eigenvalue weighted by molar-refractivity contribution is 0.507. The van der Waals surface area contributed by atoms with E-state index in [0.29, 0.717) is 4.83 Å². The van der Waals surface area contributed by atoms with Crippen LogP contribution < -0.4 is 0 Å². The van der Waals surface area contributed by atoms with Crippen LogP contribution >= 0.6 is 31.9 Å². The molecule has 0 amide bonds. The van der Waals surface area contributed by atoms with Crippen molar-refractivity contribution >= 4 is 31.9 Å². The molecule has 2 unspecified atom stereocenters. The average molecular weight is 334 g/mol. The molecule has 84 valence electrons. The van der Waals surface area contributed by atoms with Gasteiger partial charge in [-0.3, -0.25) is 0 Å². The Morgan fingerprint density at radius 3 is 2.33 bits per heavy atom. The van der Waals surface area contributed by atoms with Crippen molar-refractivity contribution in [2.75, 3.05) is 0 Å². The summed E-state index contributed by atoms with van der Waals surface area (Å²) in [4.78, 5) is 0.605. The summed E-state index contributed by atoms with van der Waals surface area (Å²) in [7, 11) is 0. The van der Waals surface area contributed by atoms with E-state index in [9.17, 15) is 0 Å². The first-order valence-corrected chi connectivity index (χ1v) is 7.21. The van der Waals surface area contributed by atoms with Crippen molar-refractivity contribution in [3.05, 3.63) is 34.3 Å². The van der Waals surface area contributed by atoms with Crippen LogP contribution in [0, 0.1) is 5.92 Å². The standard InChI is InChI=1S/C13H18Br2/c1-3-10(2)8-13(15)9-11-4-6-12(14)7-5-11/h4-7,10,13H,3,8-9H2,1-2H3. The minimum Gasteiger partial charge on any atom is -0.0887 e. The highest BCUT2D eigenvalue weighted by Gasteiger charge is 2.09. The van der Waals surface area contributed by atoms with Crippen LogP contribution in [0.25, 0.3) is 0 Å². The number of hydrogen-bond donors (Lipinski definition) is 0. The third-order valence-corrected chi connectivity index (χ3v) is 3.95. The van der Waals surface area contributed by atoms with E-state index in [1.807, 2.05) is 0 Å². The minimum atomic E-state index is 0.605. The van der Waals surface area contributed by atoms with Crippen molar-refractivity contribution in [3.8, 4) is 0 Å². The zero-order valence-electron chi connectivity index (χ0n) is 9.34. The van der Waals surface area contributed by atoms with Crippen LogP contribution in [0.2, 0.25) is 0 Å². The molecule has 0 heterocycles. The highest BCUT2D eigenvalue weighted by atomic mass is 79.9. The van der Waals surface area contributed by atoms with Gasteiger partial charge in [-0.25, -0.2) is 0 Å². The third-order valence-electron chi connectivity index (χ3n) is 2.73. The van der Waals surface area contributed by atoms with Gasteiger partial charge in [0.2, 0.25) is 0 Å². The molecule has 2 atom stereocenters. The molecule has 0 aromatic heterocycles. The molecule has 0 saturated heterocycles. The lowest BCUT2D eigenvalue weighted by Gasteiger charge is -2.14. The SMILES string of the molecule is CCC(C)CC(Br)Cc1ccc(Br)cc1. The quantitative estimate of drug-likeness (QED) is 0.650. The zero-order chi connectivity index (χ0) is 11.3. The summed E-state index contributed by atoms with van der Waals surface area (Å²) < 4.78 is 1.15. The van der Waals surface area contributed by atoms with E-state index in [2.05, 4.69) is 70.0 Å². The number of rotatable bonds is 5. The van der Waals surface area contributed by atoms with Crippen LogP contribution in [-0.2, 0) is 6.42 Å². The molecule has 0 aliphatic rings. The molecule has 0 radical (unpaired) electrons. The lowest BCUT2D eigenvalue weighted by Crippen LogP contribution is -2.07. The Bertz CT molecular complexity index is 279. The first-order valence-electron chi connectivity index (χ1n) is 5.50. The lowest BCUT2D eigenvalue weighted by atomic mass is 9.99. The normalized spacial score (nSPS) is 14.9. The first-order chi connectivity index (χ1) is 7.11. The van der Waals surface area contributed by atoms with Crippen molar-refractivity contribution < 1.29 is 0 Å². The van der Waals surface area contributed by atoms with Crippen LogP contribution in [-0.4, -0.2) is 4.83 Å². The van der Waals surface area contributed by atoms with Gasteiger partial charge in [0.05, 0.1) is 0 Å². The van der Waals surface area contributed by atoms with Crippen LogP contribution in [0.1, 0.15) is 32.3 Å². The molecule has 0 N–H and O–H groups in total. The second kappa shape index (κ2) is 6.70. The second-order valence-corrected chi connectivity index (χ2v) is 6.39. The topological polar surface area (TPSA) is 0 Å². The molecule has 0 nitrogen and oxygen atoms in total. The van der Waals surface area contributed by atoms with Crippen LogP contribution in [0.5, 0.6) is 0 Å². The number of alkyl halides is 1. The van der Waals surface area contributed by atoms with Crippen molar-refractivity contribution in [2.45, 2.75) is 37.9 Å². The predicted octanol–water partition coefficient (Wildman–Crippen LogP) is 5.19. The number of benzene rings is 1. The van der Waals surface area contributed by atoms with E-state index in [0.717, 1.165) is 16.8 Å². The zero-order valence-corrected chi connectivity index (χ0v) is 12.5. The number of halogens is 2. The Balaban J connectivity index is 2.44. The maximum absolute atomic E-state index is 3.76. The smallest absolute Gasteiger partial charge is 0.0188 e. The van der Waals surface area contributed by atoms with Gasteiger partial charge in [0, 0.05) is 9.30 Å². The Morgan fingerprint density at radius 2 is 1.80 bits per heavy atom. The summed E-state index contributed by atoms with van der Waals surface area (Å²) in [5, 5.41) is 0. The van der Waals surface area contributed by atoms with Gasteiger partial charge in [-0.1, -0.05) is 64.3 Å². The van der Waals surface area contributed by atoms with E-state index in [1.54, 1.807) is 0 Å². The molecule has 0 aliphatic carbocycles. The molecular formula is C13H18Br2. The van der Waals surface area contributed by atoms with Gasteiger partial charge in [-0.05, 0) is 36.5 Å². The molecule has 1 aromatic carbocycles. The Kier molecular flexibility index (Phi) is 5.91. The molecule has 0 saturated carbocycles. The predicted molar refractivity (Wildman–Crippen MR) is 74.6 cm³/mol. The molecule has 1 aromatic rings. The summed E-state index contributed by atoms with van der Waals surface area (Å²) in [5.74, 6) is 0.810. The molecule has 2 heteroatoms. The minimum absolute atomic E-state index is 0.605. The molecule has 0 spiro atoms. The van der Waals surface area contributed by atoms with Crippen molar-refractivity contribution in [1.29, 1.82) is 0 Å². The Hall–Kier alpha value is 0.180. The summed E-state index contributed by atoms with van der Waals surface area (Å²) in [6.45, 7) is 4.57. The van der Waals surface area contributed by atoms with E-state index in [1.165, 1.54) is 18.4 Å². The highest BCUT2D eigenvalue weighted by Crippen LogP contribution is 2.20. The van der Waals surface area contributed by atoms with Gasteiger partial charge in [0.1, 0.15) is 0 Å². The van der Waals surface area contributed by atoms with Gasteiger partial charge in [0.25, 0.3) is 0 Å². The van der Waals surface area contributed by atoms with Crippen molar-refractivity contribution in [3.63, 3.8) is 0 Å². The van der Waals surface area contributed by atoms with E-state index in [4.69, 9.17) is 0 Å². The molecule has 0 bridgehead atoms. The fourth-order valence-electron chi connectivity index (χ4n) is 1.56. The van der Waals surface area contributed by atoms with E-state index < -0.39 is 0 Å². The van der Waals surface area contributed by atoms with Gasteiger partial charge in [-0.15, -0.1) is 0 Å². The van der Waals surface area contributed by atoms with Crippen molar-refractivity contribution in [2.24, 2.45) is 5.92 Å². The third kappa shape index (κ3) is 5.17. The molecule has 0 aliphatic heterocycles. The first kappa shape index (κ1) is 13.2. The van der Waals surface area contributed by atoms with Gasteiger partial charge in [-0.2, -0.15) is 0 Å².